The molecule has 0 aliphatic carbocycles. The van der Waals surface area contributed by atoms with Crippen LogP contribution in [0, 0.1) is 0 Å². The van der Waals surface area contributed by atoms with E-state index < -0.39 is 35.3 Å². The lowest BCUT2D eigenvalue weighted by molar-refractivity contribution is -0.0972. The summed E-state index contributed by atoms with van der Waals surface area (Å²) in [5.74, 6) is -0.359. The normalized spacial score (nSPS) is 17.5. The van der Waals surface area contributed by atoms with E-state index in [-0.39, 0.29) is 5.56 Å². The first-order chi connectivity index (χ1) is 12.3. The third-order valence-electron chi connectivity index (χ3n) is 3.78. The number of rotatable bonds is 4. The molecule has 1 aliphatic heterocycles. The molecule has 0 saturated heterocycles. The highest BCUT2D eigenvalue weighted by Gasteiger charge is 2.45. The second kappa shape index (κ2) is 6.83. The number of nitrogens with one attached hydrogen (secondary N) is 2. The molecule has 0 fully saturated rings. The molecule has 136 valence electrons. The molecular formula is C17H13F3N2O3S. The molecule has 2 N–H and O–H groups in total. The zero-order valence-electron chi connectivity index (χ0n) is 13.4. The van der Waals surface area contributed by atoms with Gasteiger partial charge in [-0.3, -0.25) is 4.79 Å². The first-order valence-electron chi connectivity index (χ1n) is 7.42. The van der Waals surface area contributed by atoms with E-state index in [1.54, 1.807) is 22.8 Å². The highest BCUT2D eigenvalue weighted by molar-refractivity contribution is 7.10. The molecule has 1 aromatic carbocycles. The molecule has 3 rings (SSSR count). The van der Waals surface area contributed by atoms with Crippen molar-refractivity contribution in [3.63, 3.8) is 0 Å². The second-order valence-corrected chi connectivity index (χ2v) is 6.37. The minimum atomic E-state index is -4.88. The van der Waals surface area contributed by atoms with E-state index in [4.69, 9.17) is 4.74 Å². The molecule has 1 aliphatic rings. The fourth-order valence-corrected chi connectivity index (χ4v) is 3.38. The number of carbonyl (C=O) groups is 2. The molecule has 1 unspecified atom stereocenters. The molecule has 26 heavy (non-hydrogen) atoms. The summed E-state index contributed by atoms with van der Waals surface area (Å²) in [4.78, 5) is 25.0. The molecule has 5 nitrogen and oxygen atoms in total. The van der Waals surface area contributed by atoms with Crippen LogP contribution in [0.1, 0.15) is 21.3 Å². The minimum absolute atomic E-state index is 0.0575. The summed E-state index contributed by atoms with van der Waals surface area (Å²) in [5, 5.41) is 5.80. The van der Waals surface area contributed by atoms with Crippen molar-refractivity contribution in [2.45, 2.75) is 12.2 Å². The Balaban J connectivity index is 2.14. The number of alkyl halides is 3. The van der Waals surface area contributed by atoms with Crippen LogP contribution in [0.4, 0.5) is 18.0 Å². The van der Waals surface area contributed by atoms with Gasteiger partial charge in [-0.15, -0.1) is 11.3 Å². The van der Waals surface area contributed by atoms with Crippen molar-refractivity contribution in [1.82, 2.24) is 10.6 Å². The van der Waals surface area contributed by atoms with Crippen molar-refractivity contribution >= 4 is 23.2 Å². The largest absolute Gasteiger partial charge is 0.497 e. The van der Waals surface area contributed by atoms with Gasteiger partial charge in [-0.25, -0.2) is 4.79 Å². The van der Waals surface area contributed by atoms with Gasteiger partial charge in [-0.1, -0.05) is 6.07 Å². The SMILES string of the molecule is COc1ccc(C(=O)C2=C(C(F)(F)F)NC(=O)NC2c2cccs2)cc1. The summed E-state index contributed by atoms with van der Waals surface area (Å²) in [6.45, 7) is 0. The standard InChI is InChI=1S/C17H13F3N2O3S/c1-25-10-6-4-9(5-7-10)14(23)12-13(11-3-2-8-26-11)21-16(24)22-15(12)17(18,19)20/h2-8,13H,1H3,(H2,21,22,24). The number of amides is 2. The lowest BCUT2D eigenvalue weighted by Crippen LogP contribution is -2.49. The Morgan fingerprint density at radius 1 is 1.19 bits per heavy atom. The number of hydrogen-bond donors (Lipinski definition) is 2. The number of halogens is 3. The first-order valence-corrected chi connectivity index (χ1v) is 8.30. The number of carbonyl (C=O) groups excluding carboxylic acids is 2. The van der Waals surface area contributed by atoms with Gasteiger partial charge in [-0.05, 0) is 35.7 Å². The van der Waals surface area contributed by atoms with Gasteiger partial charge in [0.15, 0.2) is 5.78 Å². The maximum atomic E-state index is 13.5. The van der Waals surface area contributed by atoms with Crippen LogP contribution in [0.25, 0.3) is 0 Å². The fourth-order valence-electron chi connectivity index (χ4n) is 2.60. The molecule has 0 spiro atoms. The molecule has 1 aromatic heterocycles. The topological polar surface area (TPSA) is 67.4 Å². The summed E-state index contributed by atoms with van der Waals surface area (Å²) in [6.07, 6.45) is -4.88. The molecule has 0 radical (unpaired) electrons. The number of hydrogen-bond acceptors (Lipinski definition) is 4. The predicted molar refractivity (Wildman–Crippen MR) is 89.1 cm³/mol. The van der Waals surface area contributed by atoms with Gasteiger partial charge in [-0.2, -0.15) is 13.2 Å². The summed E-state index contributed by atoms with van der Waals surface area (Å²) >= 11 is 1.15. The van der Waals surface area contributed by atoms with Crippen molar-refractivity contribution in [3.05, 3.63) is 63.5 Å². The Kier molecular flexibility index (Phi) is 4.73. The number of Topliss-reactive ketones (excluding diaryl/α,β-unsaturated/α-hetero) is 1. The maximum absolute atomic E-state index is 13.5. The van der Waals surface area contributed by atoms with Crippen LogP contribution in [-0.4, -0.2) is 25.1 Å². The number of benzene rings is 1. The van der Waals surface area contributed by atoms with Gasteiger partial charge < -0.3 is 15.4 Å². The second-order valence-electron chi connectivity index (χ2n) is 5.39. The zero-order valence-corrected chi connectivity index (χ0v) is 14.2. The van der Waals surface area contributed by atoms with Gasteiger partial charge >= 0.3 is 12.2 Å². The zero-order chi connectivity index (χ0) is 18.9. The lowest BCUT2D eigenvalue weighted by Gasteiger charge is -2.29. The van der Waals surface area contributed by atoms with Crippen molar-refractivity contribution in [2.24, 2.45) is 0 Å². The van der Waals surface area contributed by atoms with E-state index in [1.165, 1.54) is 31.4 Å². The van der Waals surface area contributed by atoms with E-state index in [1.807, 2.05) is 0 Å². The van der Waals surface area contributed by atoms with Crippen LogP contribution in [0.2, 0.25) is 0 Å². The van der Waals surface area contributed by atoms with Gasteiger partial charge in [0, 0.05) is 10.4 Å². The highest BCUT2D eigenvalue weighted by Crippen LogP contribution is 2.37. The monoisotopic (exact) mass is 382 g/mol. The summed E-state index contributed by atoms with van der Waals surface area (Å²) in [7, 11) is 1.44. The third kappa shape index (κ3) is 3.43. The maximum Gasteiger partial charge on any atom is 0.431 e. The number of methoxy groups -OCH3 is 1. The lowest BCUT2D eigenvalue weighted by atomic mass is 9.92. The Hall–Kier alpha value is -2.81. The van der Waals surface area contributed by atoms with Gasteiger partial charge in [0.25, 0.3) is 0 Å². The van der Waals surface area contributed by atoms with E-state index in [0.717, 1.165) is 11.3 Å². The van der Waals surface area contributed by atoms with E-state index in [9.17, 15) is 22.8 Å². The van der Waals surface area contributed by atoms with Gasteiger partial charge in [0.05, 0.1) is 18.7 Å². The molecule has 2 heterocycles. The van der Waals surface area contributed by atoms with Crippen LogP contribution in [0.5, 0.6) is 5.75 Å². The smallest absolute Gasteiger partial charge is 0.431 e. The summed E-state index contributed by atoms with van der Waals surface area (Å²) in [6, 6.07) is 6.73. The van der Waals surface area contributed by atoms with Gasteiger partial charge in [0.2, 0.25) is 0 Å². The average molecular weight is 382 g/mol. The van der Waals surface area contributed by atoms with E-state index >= 15 is 0 Å². The molecule has 0 saturated carbocycles. The number of urea groups is 1. The molecule has 9 heteroatoms. The summed E-state index contributed by atoms with van der Waals surface area (Å²) in [5.41, 5.74) is -1.84. The number of ketones is 1. The first kappa shape index (κ1) is 18.0. The summed E-state index contributed by atoms with van der Waals surface area (Å²) < 4.78 is 45.5. The quantitative estimate of drug-likeness (QED) is 0.791. The van der Waals surface area contributed by atoms with E-state index in [2.05, 4.69) is 5.32 Å². The number of ether oxygens (including phenoxy) is 1. The molecule has 2 aromatic rings. The number of allylic oxidation sites excluding steroid dienone is 1. The average Bonchev–Trinajstić information content (AvgIpc) is 3.14. The van der Waals surface area contributed by atoms with Crippen molar-refractivity contribution in [1.29, 1.82) is 0 Å². The third-order valence-corrected chi connectivity index (χ3v) is 4.72. The Morgan fingerprint density at radius 2 is 1.88 bits per heavy atom. The van der Waals surface area contributed by atoms with Crippen molar-refractivity contribution in [3.8, 4) is 5.75 Å². The van der Waals surface area contributed by atoms with Crippen molar-refractivity contribution in [2.75, 3.05) is 7.11 Å². The number of thiophene rings is 1. The fraction of sp³-hybridized carbons (Fsp3) is 0.176. The van der Waals surface area contributed by atoms with Crippen LogP contribution in [0.3, 0.4) is 0 Å². The van der Waals surface area contributed by atoms with Crippen LogP contribution >= 0.6 is 11.3 Å². The molecule has 1 atom stereocenters. The van der Waals surface area contributed by atoms with Crippen LogP contribution < -0.4 is 15.4 Å². The van der Waals surface area contributed by atoms with Gasteiger partial charge in [0.1, 0.15) is 11.4 Å². The Labute approximate surface area is 150 Å². The predicted octanol–water partition coefficient (Wildman–Crippen LogP) is 3.81. The Bertz CT molecular complexity index is 858. The van der Waals surface area contributed by atoms with Crippen LogP contribution in [-0.2, 0) is 0 Å². The molecule has 2 amide bonds. The molecule has 0 bridgehead atoms. The van der Waals surface area contributed by atoms with Crippen LogP contribution in [0.15, 0.2) is 53.0 Å². The highest BCUT2D eigenvalue weighted by atomic mass is 32.1. The van der Waals surface area contributed by atoms with E-state index in [0.29, 0.717) is 10.6 Å². The minimum Gasteiger partial charge on any atom is -0.497 e. The Morgan fingerprint density at radius 3 is 2.42 bits per heavy atom. The van der Waals surface area contributed by atoms with Crippen molar-refractivity contribution < 1.29 is 27.5 Å². The molecular weight excluding hydrogens is 369 g/mol.